The van der Waals surface area contributed by atoms with Crippen LogP contribution in [0.1, 0.15) is 12.5 Å². The number of rotatable bonds is 4. The van der Waals surface area contributed by atoms with Gasteiger partial charge < -0.3 is 4.74 Å². The standard InChI is InChI=1S/C11H11Br2N3O/c1-2-17-9-5-3-8(4-6-9)7-16-14-10(12)11(13)15-16/h3-6H,2,7H2,1H3. The van der Waals surface area contributed by atoms with Gasteiger partial charge in [0.05, 0.1) is 13.2 Å². The highest BCUT2D eigenvalue weighted by atomic mass is 79.9. The average Bonchev–Trinajstić information content (AvgIpc) is 2.61. The van der Waals surface area contributed by atoms with E-state index in [0.717, 1.165) is 11.3 Å². The van der Waals surface area contributed by atoms with Crippen LogP contribution in [0.3, 0.4) is 0 Å². The van der Waals surface area contributed by atoms with Gasteiger partial charge in [-0.1, -0.05) is 12.1 Å². The molecule has 0 amide bonds. The largest absolute Gasteiger partial charge is 0.494 e. The van der Waals surface area contributed by atoms with E-state index >= 15 is 0 Å². The lowest BCUT2D eigenvalue weighted by atomic mass is 10.2. The van der Waals surface area contributed by atoms with E-state index in [1.807, 2.05) is 31.2 Å². The first-order chi connectivity index (χ1) is 8.19. The van der Waals surface area contributed by atoms with E-state index < -0.39 is 0 Å². The lowest BCUT2D eigenvalue weighted by Gasteiger charge is -2.04. The third kappa shape index (κ3) is 3.29. The van der Waals surface area contributed by atoms with Crippen LogP contribution in [0.4, 0.5) is 0 Å². The van der Waals surface area contributed by atoms with Crippen molar-refractivity contribution in [2.45, 2.75) is 13.5 Å². The van der Waals surface area contributed by atoms with E-state index in [2.05, 4.69) is 42.1 Å². The van der Waals surface area contributed by atoms with Gasteiger partial charge in [0.1, 0.15) is 5.75 Å². The predicted molar refractivity (Wildman–Crippen MR) is 72.1 cm³/mol. The number of benzene rings is 1. The summed E-state index contributed by atoms with van der Waals surface area (Å²) in [6.07, 6.45) is 0. The molecule has 0 aliphatic heterocycles. The molecule has 0 aliphatic rings. The molecule has 0 unspecified atom stereocenters. The van der Waals surface area contributed by atoms with Gasteiger partial charge >= 0.3 is 0 Å². The van der Waals surface area contributed by atoms with Crippen LogP contribution in [0.25, 0.3) is 0 Å². The Balaban J connectivity index is 2.08. The first-order valence-electron chi connectivity index (χ1n) is 5.17. The number of aromatic nitrogens is 3. The van der Waals surface area contributed by atoms with E-state index in [1.54, 1.807) is 4.80 Å². The number of halogens is 2. The Morgan fingerprint density at radius 3 is 2.24 bits per heavy atom. The smallest absolute Gasteiger partial charge is 0.162 e. The molecule has 1 aromatic carbocycles. The van der Waals surface area contributed by atoms with E-state index in [4.69, 9.17) is 4.74 Å². The van der Waals surface area contributed by atoms with E-state index in [0.29, 0.717) is 22.4 Å². The van der Waals surface area contributed by atoms with Crippen LogP contribution in [0, 0.1) is 0 Å². The quantitative estimate of drug-likeness (QED) is 0.840. The van der Waals surface area contributed by atoms with Gasteiger partial charge in [-0.15, -0.1) is 10.2 Å². The summed E-state index contributed by atoms with van der Waals surface area (Å²) in [6, 6.07) is 7.92. The normalized spacial score (nSPS) is 10.5. The summed E-state index contributed by atoms with van der Waals surface area (Å²) >= 11 is 6.60. The third-order valence-electron chi connectivity index (χ3n) is 2.14. The number of hydrogen-bond acceptors (Lipinski definition) is 3. The third-order valence-corrected chi connectivity index (χ3v) is 3.74. The molecule has 17 heavy (non-hydrogen) atoms. The van der Waals surface area contributed by atoms with Crippen LogP contribution in [0.5, 0.6) is 5.75 Å². The van der Waals surface area contributed by atoms with Crippen LogP contribution >= 0.6 is 31.9 Å². The van der Waals surface area contributed by atoms with Crippen LogP contribution in [-0.4, -0.2) is 21.6 Å². The monoisotopic (exact) mass is 359 g/mol. The highest BCUT2D eigenvalue weighted by molar-refractivity contribution is 9.13. The molecule has 0 saturated carbocycles. The summed E-state index contributed by atoms with van der Waals surface area (Å²) in [4.78, 5) is 1.63. The topological polar surface area (TPSA) is 39.9 Å². The summed E-state index contributed by atoms with van der Waals surface area (Å²) in [6.45, 7) is 3.28. The molecule has 0 aliphatic carbocycles. The average molecular weight is 361 g/mol. The van der Waals surface area contributed by atoms with E-state index in [1.165, 1.54) is 0 Å². The van der Waals surface area contributed by atoms with Crippen molar-refractivity contribution in [3.63, 3.8) is 0 Å². The zero-order chi connectivity index (χ0) is 12.3. The molecule has 0 radical (unpaired) electrons. The predicted octanol–water partition coefficient (Wildman–Crippen LogP) is 3.25. The molecule has 4 nitrogen and oxygen atoms in total. The SMILES string of the molecule is CCOc1ccc(Cn2nc(Br)c(Br)n2)cc1. The molecule has 1 aromatic heterocycles. The van der Waals surface area contributed by atoms with E-state index in [9.17, 15) is 0 Å². The minimum atomic E-state index is 0.636. The summed E-state index contributed by atoms with van der Waals surface area (Å²) in [7, 11) is 0. The van der Waals surface area contributed by atoms with Crippen LogP contribution in [0.15, 0.2) is 33.5 Å². The van der Waals surface area contributed by atoms with Crippen molar-refractivity contribution in [1.29, 1.82) is 0 Å². The minimum absolute atomic E-state index is 0.636. The zero-order valence-corrected chi connectivity index (χ0v) is 12.4. The lowest BCUT2D eigenvalue weighted by molar-refractivity contribution is 0.340. The van der Waals surface area contributed by atoms with E-state index in [-0.39, 0.29) is 0 Å². The molecule has 1 heterocycles. The molecule has 0 saturated heterocycles. The fourth-order valence-electron chi connectivity index (χ4n) is 1.40. The van der Waals surface area contributed by atoms with Crippen molar-refractivity contribution in [2.75, 3.05) is 6.61 Å². The Morgan fingerprint density at radius 1 is 1.12 bits per heavy atom. The van der Waals surface area contributed by atoms with Gasteiger partial charge in [-0.05, 0) is 56.5 Å². The second kappa shape index (κ2) is 5.64. The second-order valence-electron chi connectivity index (χ2n) is 3.39. The maximum absolute atomic E-state index is 5.38. The van der Waals surface area contributed by atoms with Crippen molar-refractivity contribution in [3.05, 3.63) is 39.0 Å². The fraction of sp³-hybridized carbons (Fsp3) is 0.273. The fourth-order valence-corrected chi connectivity index (χ4v) is 1.92. The summed E-state index contributed by atoms with van der Waals surface area (Å²) in [5.41, 5.74) is 1.13. The second-order valence-corrected chi connectivity index (χ2v) is 4.89. The molecule has 2 rings (SSSR count). The number of hydrogen-bond donors (Lipinski definition) is 0. The summed E-state index contributed by atoms with van der Waals surface area (Å²) in [5, 5.41) is 8.42. The molecule has 0 atom stereocenters. The Kier molecular flexibility index (Phi) is 4.17. The first kappa shape index (κ1) is 12.6. The molecule has 0 spiro atoms. The Bertz CT molecular complexity index is 476. The van der Waals surface area contributed by atoms with Gasteiger partial charge in [0, 0.05) is 0 Å². The van der Waals surface area contributed by atoms with Gasteiger partial charge in [-0.3, -0.25) is 0 Å². The van der Waals surface area contributed by atoms with Crippen LogP contribution in [0.2, 0.25) is 0 Å². The van der Waals surface area contributed by atoms with Crippen LogP contribution < -0.4 is 4.74 Å². The van der Waals surface area contributed by atoms with Gasteiger partial charge in [0.2, 0.25) is 0 Å². The van der Waals surface area contributed by atoms with Gasteiger partial charge in [0.25, 0.3) is 0 Å². The van der Waals surface area contributed by atoms with Crippen molar-refractivity contribution in [3.8, 4) is 5.75 Å². The van der Waals surface area contributed by atoms with Gasteiger partial charge in [-0.2, -0.15) is 4.80 Å². The molecule has 0 N–H and O–H groups in total. The molecular weight excluding hydrogens is 350 g/mol. The Morgan fingerprint density at radius 2 is 1.71 bits per heavy atom. The lowest BCUT2D eigenvalue weighted by Crippen LogP contribution is -2.03. The zero-order valence-electron chi connectivity index (χ0n) is 9.23. The van der Waals surface area contributed by atoms with Crippen molar-refractivity contribution < 1.29 is 4.74 Å². The maximum atomic E-state index is 5.38. The molecular formula is C11H11Br2N3O. The molecule has 90 valence electrons. The van der Waals surface area contributed by atoms with Crippen LogP contribution in [-0.2, 0) is 6.54 Å². The first-order valence-corrected chi connectivity index (χ1v) is 6.75. The number of nitrogens with zero attached hydrogens (tertiary/aromatic N) is 3. The number of ether oxygens (including phenoxy) is 1. The molecule has 0 fully saturated rings. The Labute approximate surface area is 116 Å². The van der Waals surface area contributed by atoms with Crippen molar-refractivity contribution in [2.24, 2.45) is 0 Å². The molecule has 0 bridgehead atoms. The van der Waals surface area contributed by atoms with Crippen molar-refractivity contribution >= 4 is 31.9 Å². The van der Waals surface area contributed by atoms with Gasteiger partial charge in [-0.25, -0.2) is 0 Å². The highest BCUT2D eigenvalue weighted by Gasteiger charge is 2.05. The minimum Gasteiger partial charge on any atom is -0.494 e. The van der Waals surface area contributed by atoms with Crippen molar-refractivity contribution in [1.82, 2.24) is 15.0 Å². The maximum Gasteiger partial charge on any atom is 0.162 e. The summed E-state index contributed by atoms with van der Waals surface area (Å²) in [5.74, 6) is 0.882. The highest BCUT2D eigenvalue weighted by Crippen LogP contribution is 2.18. The molecule has 2 aromatic rings. The van der Waals surface area contributed by atoms with Gasteiger partial charge in [0.15, 0.2) is 9.21 Å². The summed E-state index contributed by atoms with van der Waals surface area (Å²) < 4.78 is 6.80. The Hall–Kier alpha value is -0.880. The molecule has 6 heteroatoms.